The van der Waals surface area contributed by atoms with Crippen molar-refractivity contribution in [3.05, 3.63) is 0 Å². The Morgan fingerprint density at radius 2 is 1.04 bits per heavy atom. The maximum absolute atomic E-state index is 9.98. The SMILES string of the molecule is O=C([O-])[C@H](O)[C@@H](O)[C@H](O)[C@H](O)CO.O=C[C@H](O)[C@@H](O)[C@H](O)[C@H](O)C(=O)[O-].[Na+].[Na+]. The summed E-state index contributed by atoms with van der Waals surface area (Å²) in [6, 6.07) is 0. The van der Waals surface area contributed by atoms with Crippen LogP contribution in [0.4, 0.5) is 0 Å². The van der Waals surface area contributed by atoms with Crippen molar-refractivity contribution in [3.63, 3.8) is 0 Å². The van der Waals surface area contributed by atoms with Gasteiger partial charge in [0.15, 0.2) is 6.29 Å². The first kappa shape index (κ1) is 35.7. The van der Waals surface area contributed by atoms with Crippen LogP contribution in [0.5, 0.6) is 0 Å². The van der Waals surface area contributed by atoms with Gasteiger partial charge in [-0.15, -0.1) is 0 Å². The van der Waals surface area contributed by atoms with E-state index in [-0.39, 0.29) is 65.4 Å². The topological polar surface area (TPSA) is 279 Å². The molecule has 0 bridgehead atoms. The summed E-state index contributed by atoms with van der Waals surface area (Å²) in [5.41, 5.74) is 0. The molecule has 8 atom stereocenters. The molecule has 28 heavy (non-hydrogen) atoms. The number of carboxylic acids is 2. The number of aliphatic hydroxyl groups is 9. The first-order valence-electron chi connectivity index (χ1n) is 6.75. The van der Waals surface area contributed by atoms with Crippen molar-refractivity contribution >= 4 is 18.2 Å². The Hall–Kier alpha value is 0.250. The van der Waals surface area contributed by atoms with Gasteiger partial charge >= 0.3 is 59.1 Å². The Kier molecular flexibility index (Phi) is 23.0. The second kappa shape index (κ2) is 18.1. The number of carboxylic acid groups (broad SMARTS) is 2. The van der Waals surface area contributed by atoms with Gasteiger partial charge in [0.25, 0.3) is 0 Å². The molecule has 0 aromatic carbocycles. The summed E-state index contributed by atoms with van der Waals surface area (Å²) in [6.45, 7) is -0.863. The molecule has 0 saturated heterocycles. The fraction of sp³-hybridized carbons (Fsp3) is 0.750. The van der Waals surface area contributed by atoms with Gasteiger partial charge in [0.2, 0.25) is 0 Å². The molecule has 0 aromatic rings. The van der Waals surface area contributed by atoms with Crippen LogP contribution in [0.3, 0.4) is 0 Å². The monoisotopic (exact) mass is 434 g/mol. The minimum Gasteiger partial charge on any atom is -0.547 e. The van der Waals surface area contributed by atoms with Crippen LogP contribution in [-0.2, 0) is 14.4 Å². The fourth-order valence-corrected chi connectivity index (χ4v) is 1.27. The summed E-state index contributed by atoms with van der Waals surface area (Å²) in [5.74, 6) is -3.98. The van der Waals surface area contributed by atoms with Gasteiger partial charge in [-0.2, -0.15) is 0 Å². The molecule has 0 heterocycles. The summed E-state index contributed by atoms with van der Waals surface area (Å²) < 4.78 is 0. The van der Waals surface area contributed by atoms with Gasteiger partial charge in [-0.1, -0.05) is 0 Å². The van der Waals surface area contributed by atoms with Crippen molar-refractivity contribution in [2.75, 3.05) is 6.61 Å². The van der Waals surface area contributed by atoms with Crippen LogP contribution in [0.15, 0.2) is 0 Å². The quantitative estimate of drug-likeness (QED) is 0.114. The Morgan fingerprint density at radius 3 is 1.29 bits per heavy atom. The van der Waals surface area contributed by atoms with Gasteiger partial charge in [-0.3, -0.25) is 0 Å². The van der Waals surface area contributed by atoms with E-state index in [2.05, 4.69) is 0 Å². The number of hydrogen-bond acceptors (Lipinski definition) is 14. The van der Waals surface area contributed by atoms with Crippen LogP contribution in [-0.4, -0.2) is 120 Å². The molecular weight excluding hydrogens is 414 g/mol. The average molecular weight is 434 g/mol. The number of rotatable bonds is 10. The third-order valence-electron chi connectivity index (χ3n) is 2.90. The van der Waals surface area contributed by atoms with Crippen molar-refractivity contribution in [1.29, 1.82) is 0 Å². The molecule has 0 spiro atoms. The van der Waals surface area contributed by atoms with Crippen molar-refractivity contribution in [1.82, 2.24) is 0 Å². The summed E-state index contributed by atoms with van der Waals surface area (Å²) in [6.07, 6.45) is -16.7. The third-order valence-corrected chi connectivity index (χ3v) is 2.90. The molecule has 0 radical (unpaired) electrons. The van der Waals surface area contributed by atoms with E-state index in [1.54, 1.807) is 0 Å². The van der Waals surface area contributed by atoms with Crippen LogP contribution in [0.2, 0.25) is 0 Å². The maximum atomic E-state index is 9.98. The van der Waals surface area contributed by atoms with E-state index in [0.717, 1.165) is 0 Å². The average Bonchev–Trinajstić information content (AvgIpc) is 2.62. The summed E-state index contributed by atoms with van der Waals surface area (Å²) in [7, 11) is 0. The molecule has 0 saturated carbocycles. The Bertz CT molecular complexity index is 452. The van der Waals surface area contributed by atoms with E-state index >= 15 is 0 Å². The smallest absolute Gasteiger partial charge is 0.547 e. The summed E-state index contributed by atoms with van der Waals surface area (Å²) in [5, 5.41) is 98.3. The first-order valence-corrected chi connectivity index (χ1v) is 6.75. The van der Waals surface area contributed by atoms with Gasteiger partial charge in [0, 0.05) is 0 Å². The molecule has 0 aliphatic carbocycles. The predicted molar refractivity (Wildman–Crippen MR) is 71.2 cm³/mol. The van der Waals surface area contributed by atoms with E-state index in [9.17, 15) is 24.6 Å². The Labute approximate surface area is 202 Å². The summed E-state index contributed by atoms with van der Waals surface area (Å²) in [4.78, 5) is 29.8. The number of aliphatic hydroxyl groups excluding tert-OH is 9. The molecule has 154 valence electrons. The Balaban J connectivity index is -0.000000192. The normalized spacial score (nSPS) is 18.8. The van der Waals surface area contributed by atoms with E-state index in [4.69, 9.17) is 46.0 Å². The standard InChI is InChI=1S/C6H12O7.C6H10O7.2Na/c2*7-1-2(8)3(9)4(10)5(11)6(12)13;;/h2-5,7-11H,1H2,(H,12,13);1-5,8-11H,(H,12,13);;/q;;2*+1/p-2/t2-,3-,4+,5-;2-,3+,4-,5-;;/m10../s1. The maximum Gasteiger partial charge on any atom is 1.00 e. The van der Waals surface area contributed by atoms with Crippen molar-refractivity contribution in [2.45, 2.75) is 48.8 Å². The Morgan fingerprint density at radius 1 is 0.714 bits per heavy atom. The van der Waals surface area contributed by atoms with Crippen molar-refractivity contribution in [3.8, 4) is 0 Å². The zero-order chi connectivity index (χ0) is 21.2. The summed E-state index contributed by atoms with van der Waals surface area (Å²) >= 11 is 0. The predicted octanol–water partition coefficient (Wildman–Crippen LogP) is -15.4. The molecule has 0 aliphatic rings. The van der Waals surface area contributed by atoms with Gasteiger partial charge in [0.1, 0.15) is 48.8 Å². The van der Waals surface area contributed by atoms with Crippen LogP contribution in [0.1, 0.15) is 0 Å². The molecule has 0 aromatic heterocycles. The minimum atomic E-state index is -2.36. The van der Waals surface area contributed by atoms with E-state index < -0.39 is 67.4 Å². The third kappa shape index (κ3) is 12.7. The van der Waals surface area contributed by atoms with Crippen LogP contribution >= 0.6 is 0 Å². The molecule has 0 aliphatic heterocycles. The second-order valence-electron chi connectivity index (χ2n) is 4.87. The number of hydrogen-bond donors (Lipinski definition) is 9. The molecule has 0 unspecified atom stereocenters. The number of aliphatic carboxylic acids is 2. The largest absolute Gasteiger partial charge is 1.00 e. The molecular formula is C12H20Na2O14. The van der Waals surface area contributed by atoms with Gasteiger partial charge < -0.3 is 70.6 Å². The van der Waals surface area contributed by atoms with Gasteiger partial charge in [0.05, 0.1) is 18.5 Å². The zero-order valence-corrected chi connectivity index (χ0v) is 19.0. The molecule has 0 fully saturated rings. The van der Waals surface area contributed by atoms with Crippen LogP contribution in [0.25, 0.3) is 0 Å². The van der Waals surface area contributed by atoms with Crippen LogP contribution in [0, 0.1) is 0 Å². The number of carbonyl (C=O) groups is 3. The van der Waals surface area contributed by atoms with E-state index in [0.29, 0.717) is 0 Å². The van der Waals surface area contributed by atoms with Crippen molar-refractivity contribution in [2.24, 2.45) is 0 Å². The van der Waals surface area contributed by atoms with E-state index in [1.165, 1.54) is 0 Å². The second-order valence-corrected chi connectivity index (χ2v) is 4.87. The van der Waals surface area contributed by atoms with Crippen LogP contribution < -0.4 is 69.3 Å². The zero-order valence-electron chi connectivity index (χ0n) is 15.0. The molecule has 0 rings (SSSR count). The van der Waals surface area contributed by atoms with E-state index in [1.807, 2.05) is 0 Å². The van der Waals surface area contributed by atoms with Gasteiger partial charge in [-0.05, 0) is 0 Å². The molecule has 9 N–H and O–H groups in total. The molecule has 0 amide bonds. The van der Waals surface area contributed by atoms with Crippen molar-refractivity contribution < 1.29 is 130 Å². The number of carbonyl (C=O) groups excluding carboxylic acids is 3. The molecule has 14 nitrogen and oxygen atoms in total. The van der Waals surface area contributed by atoms with Gasteiger partial charge in [-0.25, -0.2) is 0 Å². The number of aldehydes is 1. The molecule has 16 heteroatoms. The fourth-order valence-electron chi connectivity index (χ4n) is 1.27. The minimum absolute atomic E-state index is 0. The first-order chi connectivity index (χ1) is 11.8.